The highest BCUT2D eigenvalue weighted by Crippen LogP contribution is 2.22. The predicted octanol–water partition coefficient (Wildman–Crippen LogP) is 1.72. The van der Waals surface area contributed by atoms with Gasteiger partial charge in [-0.2, -0.15) is 4.31 Å². The maximum absolute atomic E-state index is 12.6. The van der Waals surface area contributed by atoms with Gasteiger partial charge in [-0.05, 0) is 37.3 Å². The fourth-order valence-corrected chi connectivity index (χ4v) is 4.97. The summed E-state index contributed by atoms with van der Waals surface area (Å²) < 4.78 is 33.1. The lowest BCUT2D eigenvalue weighted by atomic mass is 10.1. The van der Waals surface area contributed by atoms with Crippen LogP contribution in [0.3, 0.4) is 0 Å². The number of benzene rings is 1. The third kappa shape index (κ3) is 5.48. The monoisotopic (exact) mass is 433 g/mol. The van der Waals surface area contributed by atoms with Crippen molar-refractivity contribution >= 4 is 21.9 Å². The van der Waals surface area contributed by atoms with Gasteiger partial charge in [0.05, 0.1) is 0 Å². The molecule has 0 radical (unpaired) electrons. The van der Waals surface area contributed by atoms with Crippen LogP contribution in [0.15, 0.2) is 47.5 Å². The van der Waals surface area contributed by atoms with E-state index >= 15 is 0 Å². The number of amides is 1. The summed E-state index contributed by atoms with van der Waals surface area (Å²) in [7, 11) is -2.04. The van der Waals surface area contributed by atoms with E-state index in [1.807, 2.05) is 30.3 Å². The summed E-state index contributed by atoms with van der Waals surface area (Å²) in [5, 5.41) is 2.72. The number of rotatable bonds is 9. The number of esters is 1. The molecule has 3 rings (SSSR count). The van der Waals surface area contributed by atoms with Gasteiger partial charge >= 0.3 is 5.97 Å². The fraction of sp³-hybridized carbons (Fsp3) is 0.429. The number of aryl methyl sites for hydroxylation is 2. The van der Waals surface area contributed by atoms with Gasteiger partial charge in [-0.3, -0.25) is 4.79 Å². The van der Waals surface area contributed by atoms with Crippen molar-refractivity contribution in [2.45, 2.75) is 30.6 Å². The first-order chi connectivity index (χ1) is 14.4. The predicted molar refractivity (Wildman–Crippen MR) is 111 cm³/mol. The highest BCUT2D eigenvalue weighted by molar-refractivity contribution is 7.89. The Morgan fingerprint density at radius 1 is 1.13 bits per heavy atom. The van der Waals surface area contributed by atoms with Gasteiger partial charge in [0.2, 0.25) is 10.0 Å². The van der Waals surface area contributed by atoms with Crippen molar-refractivity contribution in [3.63, 3.8) is 0 Å². The Morgan fingerprint density at radius 2 is 1.83 bits per heavy atom. The summed E-state index contributed by atoms with van der Waals surface area (Å²) >= 11 is 0. The second kappa shape index (κ2) is 9.90. The minimum Gasteiger partial charge on any atom is -0.451 e. The highest BCUT2D eigenvalue weighted by atomic mass is 32.2. The van der Waals surface area contributed by atoms with E-state index < -0.39 is 28.5 Å². The van der Waals surface area contributed by atoms with E-state index in [1.54, 1.807) is 7.05 Å². The van der Waals surface area contributed by atoms with Crippen molar-refractivity contribution in [2.24, 2.45) is 7.05 Å². The smallest absolute Gasteiger partial charge is 0.355 e. The molecule has 0 spiro atoms. The maximum atomic E-state index is 12.6. The van der Waals surface area contributed by atoms with E-state index in [2.05, 4.69) is 5.32 Å². The number of carbonyl (C=O) groups excluding carboxylic acids is 2. The molecule has 2 heterocycles. The lowest BCUT2D eigenvalue weighted by Gasteiger charge is -2.13. The van der Waals surface area contributed by atoms with Crippen LogP contribution in [-0.4, -0.2) is 55.4 Å². The third-order valence-electron chi connectivity index (χ3n) is 5.03. The second-order valence-electron chi connectivity index (χ2n) is 7.30. The normalized spacial score (nSPS) is 14.6. The van der Waals surface area contributed by atoms with Crippen molar-refractivity contribution in [2.75, 3.05) is 26.2 Å². The Morgan fingerprint density at radius 3 is 2.53 bits per heavy atom. The summed E-state index contributed by atoms with van der Waals surface area (Å²) in [4.78, 5) is 24.3. The van der Waals surface area contributed by atoms with Crippen molar-refractivity contribution in [3.05, 3.63) is 53.9 Å². The number of aromatic nitrogens is 1. The van der Waals surface area contributed by atoms with Crippen LogP contribution in [0.5, 0.6) is 0 Å². The summed E-state index contributed by atoms with van der Waals surface area (Å²) in [6.07, 6.45) is 4.69. The zero-order valence-electron chi connectivity index (χ0n) is 17.0. The number of ether oxygens (including phenoxy) is 1. The van der Waals surface area contributed by atoms with Crippen LogP contribution in [0.1, 0.15) is 35.3 Å². The Hall–Kier alpha value is -2.65. The molecule has 0 atom stereocenters. The number of hydrogen-bond acceptors (Lipinski definition) is 5. The molecule has 0 aliphatic carbocycles. The molecular weight excluding hydrogens is 406 g/mol. The zero-order valence-corrected chi connectivity index (χ0v) is 17.9. The van der Waals surface area contributed by atoms with Crippen LogP contribution in [-0.2, 0) is 33.0 Å². The molecule has 1 amide bonds. The molecule has 0 unspecified atom stereocenters. The van der Waals surface area contributed by atoms with Gasteiger partial charge in [0.25, 0.3) is 5.91 Å². The van der Waals surface area contributed by atoms with Gasteiger partial charge in [-0.1, -0.05) is 30.3 Å². The lowest BCUT2D eigenvalue weighted by molar-refractivity contribution is -0.124. The molecule has 1 N–H and O–H groups in total. The van der Waals surface area contributed by atoms with Crippen LogP contribution >= 0.6 is 0 Å². The minimum absolute atomic E-state index is 0.0595. The Balaban J connectivity index is 1.46. The van der Waals surface area contributed by atoms with E-state index in [1.165, 1.54) is 26.7 Å². The summed E-state index contributed by atoms with van der Waals surface area (Å²) in [5.41, 5.74) is 1.28. The maximum Gasteiger partial charge on any atom is 0.355 e. The molecule has 162 valence electrons. The molecule has 1 aliphatic rings. The molecular formula is C21H27N3O5S. The van der Waals surface area contributed by atoms with Gasteiger partial charge in [0.15, 0.2) is 6.61 Å². The quantitative estimate of drug-likeness (QED) is 0.480. The van der Waals surface area contributed by atoms with Gasteiger partial charge in [-0.25, -0.2) is 13.2 Å². The number of sulfonamides is 1. The summed E-state index contributed by atoms with van der Waals surface area (Å²) in [5.74, 6) is -1.13. The minimum atomic E-state index is -3.62. The van der Waals surface area contributed by atoms with E-state index in [9.17, 15) is 18.0 Å². The first-order valence-corrected chi connectivity index (χ1v) is 11.5. The average molecular weight is 434 g/mol. The van der Waals surface area contributed by atoms with Crippen LogP contribution in [0.4, 0.5) is 0 Å². The molecule has 30 heavy (non-hydrogen) atoms. The van der Waals surface area contributed by atoms with E-state index in [0.717, 1.165) is 25.7 Å². The lowest BCUT2D eigenvalue weighted by Crippen LogP contribution is -2.30. The molecule has 1 fully saturated rings. The first-order valence-electron chi connectivity index (χ1n) is 10.0. The number of nitrogens with zero attached hydrogens (tertiary/aromatic N) is 2. The number of nitrogens with one attached hydrogen (secondary N) is 1. The number of hydrogen-bond donors (Lipinski definition) is 1. The van der Waals surface area contributed by atoms with Gasteiger partial charge in [-0.15, -0.1) is 0 Å². The Bertz CT molecular complexity index is 979. The standard InChI is InChI=1S/C21H27N3O5S/c1-23-15-18(30(27,28)24-12-5-6-13-24)14-19(23)21(26)29-16-20(25)22-11-7-10-17-8-3-2-4-9-17/h2-4,8-9,14-15H,5-7,10-13,16H2,1H3,(H,22,25). The zero-order chi connectivity index (χ0) is 21.6. The fourth-order valence-electron chi connectivity index (χ4n) is 3.38. The molecule has 2 aromatic rings. The first kappa shape index (κ1) is 22.0. The van der Waals surface area contributed by atoms with E-state index in [4.69, 9.17) is 4.74 Å². The molecule has 1 saturated heterocycles. The molecule has 1 aromatic heterocycles. The summed E-state index contributed by atoms with van der Waals surface area (Å²) in [6, 6.07) is 11.3. The molecule has 0 saturated carbocycles. The third-order valence-corrected chi connectivity index (χ3v) is 6.90. The topological polar surface area (TPSA) is 97.7 Å². The van der Waals surface area contributed by atoms with Crippen molar-refractivity contribution in [1.82, 2.24) is 14.2 Å². The van der Waals surface area contributed by atoms with Crippen molar-refractivity contribution in [3.8, 4) is 0 Å². The van der Waals surface area contributed by atoms with Gasteiger partial charge in [0.1, 0.15) is 10.6 Å². The molecule has 1 aliphatic heterocycles. The van der Waals surface area contributed by atoms with Crippen LogP contribution < -0.4 is 5.32 Å². The van der Waals surface area contributed by atoms with Crippen molar-refractivity contribution < 1.29 is 22.7 Å². The average Bonchev–Trinajstić information content (AvgIpc) is 3.41. The van der Waals surface area contributed by atoms with E-state index in [0.29, 0.717) is 19.6 Å². The van der Waals surface area contributed by atoms with Gasteiger partial charge < -0.3 is 14.6 Å². The molecule has 0 bridgehead atoms. The van der Waals surface area contributed by atoms with Crippen molar-refractivity contribution in [1.29, 1.82) is 0 Å². The Labute approximate surface area is 176 Å². The number of carbonyl (C=O) groups is 2. The second-order valence-corrected chi connectivity index (χ2v) is 9.24. The van der Waals surface area contributed by atoms with Crippen LogP contribution in [0, 0.1) is 0 Å². The highest BCUT2D eigenvalue weighted by Gasteiger charge is 2.29. The molecule has 9 heteroatoms. The molecule has 1 aromatic carbocycles. The van der Waals surface area contributed by atoms with Crippen LogP contribution in [0.2, 0.25) is 0 Å². The van der Waals surface area contributed by atoms with Crippen LogP contribution in [0.25, 0.3) is 0 Å². The largest absolute Gasteiger partial charge is 0.451 e. The van der Waals surface area contributed by atoms with E-state index in [-0.39, 0.29) is 10.6 Å². The van der Waals surface area contributed by atoms with Gasteiger partial charge in [0, 0.05) is 32.9 Å². The molecule has 8 nitrogen and oxygen atoms in total. The SMILES string of the molecule is Cn1cc(S(=O)(=O)N2CCCC2)cc1C(=O)OCC(=O)NCCCc1ccccc1. The summed E-state index contributed by atoms with van der Waals surface area (Å²) in [6.45, 7) is 1.04. The Kier molecular flexibility index (Phi) is 7.28.